The Morgan fingerprint density at radius 2 is 1.65 bits per heavy atom. The van der Waals surface area contributed by atoms with Crippen molar-refractivity contribution in [1.82, 2.24) is 9.88 Å². The third kappa shape index (κ3) is 7.50. The number of alkyl halides is 6. The third-order valence-corrected chi connectivity index (χ3v) is 7.51. The van der Waals surface area contributed by atoms with Crippen molar-refractivity contribution in [2.75, 3.05) is 0 Å². The predicted molar refractivity (Wildman–Crippen MR) is 142 cm³/mol. The summed E-state index contributed by atoms with van der Waals surface area (Å²) in [5, 5.41) is -0.488. The molecule has 1 amide bonds. The maximum absolute atomic E-state index is 14.1. The molecule has 3 nitrogen and oxygen atoms in total. The number of hydrogen-bond donors (Lipinski definition) is 0. The number of aromatic nitrogens is 1. The van der Waals surface area contributed by atoms with Gasteiger partial charge in [0, 0.05) is 18.7 Å². The first-order chi connectivity index (χ1) is 18.7. The lowest BCUT2D eigenvalue weighted by Gasteiger charge is -2.25. The van der Waals surface area contributed by atoms with Gasteiger partial charge in [-0.3, -0.25) is 9.78 Å². The SMILES string of the molecule is O=C(C1CC1)N(Cc1ccccn1)Cc1ccc(C=CC(c2cc(Cl)c(Cl)c(Cl)c2)C(F)(F)F)cc1C(F)(F)F. The van der Waals surface area contributed by atoms with Gasteiger partial charge in [0.1, 0.15) is 0 Å². The quantitative estimate of drug-likeness (QED) is 0.186. The molecule has 0 bridgehead atoms. The van der Waals surface area contributed by atoms with Crippen LogP contribution in [0.4, 0.5) is 26.3 Å². The molecule has 1 fully saturated rings. The van der Waals surface area contributed by atoms with Crippen LogP contribution in [0.25, 0.3) is 6.08 Å². The number of rotatable bonds is 8. The molecule has 1 aliphatic carbocycles. The van der Waals surface area contributed by atoms with E-state index >= 15 is 0 Å². The molecule has 1 aliphatic rings. The Morgan fingerprint density at radius 3 is 2.20 bits per heavy atom. The highest BCUT2D eigenvalue weighted by Crippen LogP contribution is 2.41. The summed E-state index contributed by atoms with van der Waals surface area (Å²) in [5.74, 6) is -2.72. The fraction of sp³-hybridized carbons (Fsp3) is 0.286. The van der Waals surface area contributed by atoms with E-state index in [1.54, 1.807) is 18.2 Å². The van der Waals surface area contributed by atoms with E-state index in [-0.39, 0.29) is 56.7 Å². The maximum atomic E-state index is 14.1. The van der Waals surface area contributed by atoms with Gasteiger partial charge in [-0.2, -0.15) is 26.3 Å². The highest BCUT2D eigenvalue weighted by molar-refractivity contribution is 6.48. The van der Waals surface area contributed by atoms with Gasteiger partial charge in [0.2, 0.25) is 5.91 Å². The van der Waals surface area contributed by atoms with Gasteiger partial charge < -0.3 is 4.90 Å². The number of allylic oxidation sites excluding steroid dienone is 1. The van der Waals surface area contributed by atoms with Gasteiger partial charge in [-0.25, -0.2) is 0 Å². The lowest BCUT2D eigenvalue weighted by atomic mass is 9.96. The summed E-state index contributed by atoms with van der Waals surface area (Å²) < 4.78 is 83.9. The number of hydrogen-bond acceptors (Lipinski definition) is 2. The molecule has 1 saturated carbocycles. The zero-order chi connectivity index (χ0) is 29.2. The molecule has 40 heavy (non-hydrogen) atoms. The minimum atomic E-state index is -4.82. The smallest absolute Gasteiger partial charge is 0.332 e. The molecule has 3 aromatic rings. The van der Waals surface area contributed by atoms with Crippen LogP contribution in [-0.2, 0) is 24.1 Å². The van der Waals surface area contributed by atoms with Crippen molar-refractivity contribution >= 4 is 46.8 Å². The van der Waals surface area contributed by atoms with Gasteiger partial charge in [-0.05, 0) is 59.9 Å². The molecule has 4 rings (SSSR count). The number of carbonyl (C=O) groups excluding carboxylic acids is 1. The normalized spacial score (nSPS) is 14.9. The first kappa shape index (κ1) is 30.2. The predicted octanol–water partition coefficient (Wildman–Crippen LogP) is 9.36. The van der Waals surface area contributed by atoms with Crippen LogP contribution in [-0.4, -0.2) is 22.0 Å². The Kier molecular flexibility index (Phi) is 9.07. The summed E-state index contributed by atoms with van der Waals surface area (Å²) in [6, 6.07) is 10.3. The molecular weight excluding hydrogens is 601 g/mol. The number of nitrogens with zero attached hydrogens (tertiary/aromatic N) is 2. The van der Waals surface area contributed by atoms with E-state index in [1.807, 2.05) is 0 Å². The van der Waals surface area contributed by atoms with Crippen LogP contribution in [0, 0.1) is 5.92 Å². The fourth-order valence-electron chi connectivity index (χ4n) is 4.16. The summed E-state index contributed by atoms with van der Waals surface area (Å²) in [5.41, 5.74) is -1.14. The Balaban J connectivity index is 1.66. The summed E-state index contributed by atoms with van der Waals surface area (Å²) in [4.78, 5) is 18.4. The van der Waals surface area contributed by atoms with E-state index in [4.69, 9.17) is 34.8 Å². The Hall–Kier alpha value is -2.75. The molecule has 1 aromatic heterocycles. The van der Waals surface area contributed by atoms with E-state index in [0.717, 1.165) is 30.4 Å². The molecule has 0 aliphatic heterocycles. The van der Waals surface area contributed by atoms with Crippen LogP contribution in [0.5, 0.6) is 0 Å². The van der Waals surface area contributed by atoms with Crippen molar-refractivity contribution in [2.24, 2.45) is 5.92 Å². The molecule has 1 unspecified atom stereocenters. The van der Waals surface area contributed by atoms with Crippen LogP contribution in [0.1, 0.15) is 46.7 Å². The zero-order valence-electron chi connectivity index (χ0n) is 20.5. The maximum Gasteiger partial charge on any atom is 0.416 e. The van der Waals surface area contributed by atoms with Crippen LogP contribution >= 0.6 is 34.8 Å². The Bertz CT molecular complexity index is 1380. The average molecular weight is 622 g/mol. The second kappa shape index (κ2) is 12.0. The minimum absolute atomic E-state index is 0.0224. The minimum Gasteiger partial charge on any atom is -0.332 e. The Morgan fingerprint density at radius 1 is 0.975 bits per heavy atom. The number of amides is 1. The summed E-state index contributed by atoms with van der Waals surface area (Å²) in [7, 11) is 0. The standard InChI is InChI=1S/C28H21Cl3F6N2O/c29-23-12-19(13-24(30)25(23)31)21(27(32,33)34)9-5-16-4-6-18(22(11-16)28(35,36)37)14-39(26(40)17-7-8-17)15-20-3-1-2-10-38-20/h1-6,9-13,17,21H,7-8,14-15H2. The number of benzene rings is 2. The molecule has 0 N–H and O–H groups in total. The van der Waals surface area contributed by atoms with Crippen LogP contribution < -0.4 is 0 Å². The van der Waals surface area contributed by atoms with Crippen molar-refractivity contribution in [3.8, 4) is 0 Å². The van der Waals surface area contributed by atoms with E-state index < -0.39 is 23.8 Å². The third-order valence-electron chi connectivity index (χ3n) is 6.32. The number of carbonyl (C=O) groups is 1. The topological polar surface area (TPSA) is 33.2 Å². The van der Waals surface area contributed by atoms with E-state index in [2.05, 4.69) is 4.98 Å². The number of pyridine rings is 1. The lowest BCUT2D eigenvalue weighted by molar-refractivity contribution is -0.140. The van der Waals surface area contributed by atoms with Gasteiger partial charge in [0.25, 0.3) is 0 Å². The van der Waals surface area contributed by atoms with Crippen molar-refractivity contribution in [1.29, 1.82) is 0 Å². The lowest BCUT2D eigenvalue weighted by Crippen LogP contribution is -2.32. The highest BCUT2D eigenvalue weighted by atomic mass is 35.5. The largest absolute Gasteiger partial charge is 0.416 e. The van der Waals surface area contributed by atoms with Crippen LogP contribution in [0.3, 0.4) is 0 Å². The van der Waals surface area contributed by atoms with Crippen LogP contribution in [0.2, 0.25) is 15.1 Å². The molecule has 2 aromatic carbocycles. The first-order valence-corrected chi connectivity index (χ1v) is 13.2. The monoisotopic (exact) mass is 620 g/mol. The van der Waals surface area contributed by atoms with Crippen molar-refractivity contribution < 1.29 is 31.1 Å². The van der Waals surface area contributed by atoms with Gasteiger partial charge in [-0.1, -0.05) is 65.2 Å². The second-order valence-corrected chi connectivity index (χ2v) is 10.6. The van der Waals surface area contributed by atoms with E-state index in [1.165, 1.54) is 23.2 Å². The fourth-order valence-corrected chi connectivity index (χ4v) is 4.78. The van der Waals surface area contributed by atoms with Crippen molar-refractivity contribution in [2.45, 2.75) is 44.2 Å². The second-order valence-electron chi connectivity index (χ2n) is 9.38. The van der Waals surface area contributed by atoms with E-state index in [0.29, 0.717) is 18.5 Å². The van der Waals surface area contributed by atoms with Gasteiger partial charge in [0.15, 0.2) is 0 Å². The molecule has 0 radical (unpaired) electrons. The van der Waals surface area contributed by atoms with Crippen molar-refractivity contribution in [3.63, 3.8) is 0 Å². The average Bonchev–Trinajstić information content (AvgIpc) is 3.72. The van der Waals surface area contributed by atoms with Gasteiger partial charge >= 0.3 is 12.4 Å². The molecule has 0 spiro atoms. The summed E-state index contributed by atoms with van der Waals surface area (Å²) >= 11 is 17.6. The van der Waals surface area contributed by atoms with Gasteiger partial charge in [0.05, 0.1) is 38.8 Å². The summed E-state index contributed by atoms with van der Waals surface area (Å²) in [6.07, 6.45) is -5.07. The zero-order valence-corrected chi connectivity index (χ0v) is 22.8. The number of halogens is 9. The molecule has 212 valence electrons. The summed E-state index contributed by atoms with van der Waals surface area (Å²) in [6.45, 7) is -0.313. The van der Waals surface area contributed by atoms with Crippen molar-refractivity contribution in [3.05, 3.63) is 104 Å². The van der Waals surface area contributed by atoms with E-state index in [9.17, 15) is 31.1 Å². The highest BCUT2D eigenvalue weighted by Gasteiger charge is 2.40. The molecule has 0 saturated heterocycles. The first-order valence-electron chi connectivity index (χ1n) is 12.0. The Labute approximate surface area is 241 Å². The van der Waals surface area contributed by atoms with Gasteiger partial charge in [-0.15, -0.1) is 0 Å². The molecule has 1 atom stereocenters. The van der Waals surface area contributed by atoms with Crippen LogP contribution in [0.15, 0.2) is 60.8 Å². The molecule has 1 heterocycles. The molecular formula is C28H21Cl3F6N2O. The molecule has 12 heteroatoms.